The Morgan fingerprint density at radius 2 is 1.75 bits per heavy atom. The van der Waals surface area contributed by atoms with E-state index in [1.165, 1.54) is 0 Å². The lowest BCUT2D eigenvalue weighted by molar-refractivity contribution is 0.0744. The predicted octanol–water partition coefficient (Wildman–Crippen LogP) is 3.36. The minimum atomic E-state index is -0.0112. The summed E-state index contributed by atoms with van der Waals surface area (Å²) in [5.41, 5.74) is 2.69. The molecule has 120 valence electrons. The van der Waals surface area contributed by atoms with Crippen molar-refractivity contribution in [2.75, 3.05) is 6.54 Å². The highest BCUT2D eigenvalue weighted by Crippen LogP contribution is 2.10. The molecule has 0 N–H and O–H groups in total. The fourth-order valence-electron chi connectivity index (χ4n) is 2.52. The lowest BCUT2D eigenvalue weighted by atomic mass is 10.1. The van der Waals surface area contributed by atoms with Crippen LogP contribution in [0.5, 0.6) is 0 Å². The van der Waals surface area contributed by atoms with Crippen LogP contribution in [-0.2, 0) is 13.0 Å². The molecule has 4 nitrogen and oxygen atoms in total. The fraction of sp³-hybridized carbons (Fsp3) is 0.150. The van der Waals surface area contributed by atoms with Crippen molar-refractivity contribution in [3.8, 4) is 0 Å². The number of amides is 1. The van der Waals surface area contributed by atoms with E-state index in [9.17, 15) is 4.79 Å². The first-order valence-electron chi connectivity index (χ1n) is 7.96. The van der Waals surface area contributed by atoms with Gasteiger partial charge < -0.3 is 4.90 Å². The molecule has 3 rings (SSSR count). The molecule has 1 amide bonds. The van der Waals surface area contributed by atoms with Crippen molar-refractivity contribution in [1.29, 1.82) is 0 Å². The van der Waals surface area contributed by atoms with Gasteiger partial charge in [-0.05, 0) is 29.8 Å². The van der Waals surface area contributed by atoms with Crippen molar-refractivity contribution >= 4 is 5.91 Å². The summed E-state index contributed by atoms with van der Waals surface area (Å²) in [5, 5.41) is 0. The van der Waals surface area contributed by atoms with Crippen LogP contribution in [0.2, 0.25) is 0 Å². The number of benzene rings is 1. The number of hydrogen-bond acceptors (Lipinski definition) is 3. The van der Waals surface area contributed by atoms with Gasteiger partial charge in [-0.2, -0.15) is 0 Å². The second-order valence-electron chi connectivity index (χ2n) is 5.53. The van der Waals surface area contributed by atoms with E-state index in [4.69, 9.17) is 0 Å². The van der Waals surface area contributed by atoms with Gasteiger partial charge in [-0.3, -0.25) is 14.8 Å². The van der Waals surface area contributed by atoms with Crippen molar-refractivity contribution in [2.24, 2.45) is 0 Å². The minimum absolute atomic E-state index is 0.0112. The predicted molar refractivity (Wildman–Crippen MR) is 93.4 cm³/mol. The Morgan fingerprint density at radius 1 is 0.917 bits per heavy atom. The first-order chi connectivity index (χ1) is 11.8. The molecule has 0 saturated carbocycles. The summed E-state index contributed by atoms with van der Waals surface area (Å²) in [6.07, 6.45) is 5.78. The number of nitrogens with zero attached hydrogens (tertiary/aromatic N) is 3. The Hall–Kier alpha value is -3.01. The number of hydrogen-bond donors (Lipinski definition) is 0. The Bertz CT molecular complexity index is 761. The van der Waals surface area contributed by atoms with Crippen LogP contribution in [0.25, 0.3) is 0 Å². The number of carbonyl (C=O) groups is 1. The largest absolute Gasteiger partial charge is 0.334 e. The summed E-state index contributed by atoms with van der Waals surface area (Å²) in [5.74, 6) is -0.0112. The minimum Gasteiger partial charge on any atom is -0.334 e. The molecule has 2 aromatic heterocycles. The molecule has 24 heavy (non-hydrogen) atoms. The fourth-order valence-corrected chi connectivity index (χ4v) is 2.52. The average Bonchev–Trinajstić information content (AvgIpc) is 2.67. The maximum atomic E-state index is 12.8. The van der Waals surface area contributed by atoms with Gasteiger partial charge in [0, 0.05) is 43.8 Å². The highest BCUT2D eigenvalue weighted by Gasteiger charge is 2.16. The van der Waals surface area contributed by atoms with Crippen LogP contribution >= 0.6 is 0 Å². The average molecular weight is 317 g/mol. The first-order valence-corrected chi connectivity index (χ1v) is 7.96. The monoisotopic (exact) mass is 317 g/mol. The molecular weight excluding hydrogens is 298 g/mol. The van der Waals surface area contributed by atoms with Gasteiger partial charge in [0.2, 0.25) is 0 Å². The highest BCUT2D eigenvalue weighted by molar-refractivity contribution is 5.93. The summed E-state index contributed by atoms with van der Waals surface area (Å²) in [6, 6.07) is 19.4. The molecule has 0 radical (unpaired) electrons. The molecule has 1 aromatic carbocycles. The molecule has 0 atom stereocenters. The maximum Gasteiger partial charge on any atom is 0.255 e. The number of aromatic nitrogens is 2. The number of carbonyl (C=O) groups excluding carboxylic acids is 1. The molecule has 0 unspecified atom stereocenters. The second-order valence-corrected chi connectivity index (χ2v) is 5.53. The molecule has 3 aromatic rings. The Morgan fingerprint density at radius 3 is 2.46 bits per heavy atom. The zero-order valence-electron chi connectivity index (χ0n) is 13.4. The van der Waals surface area contributed by atoms with E-state index in [0.717, 1.165) is 17.7 Å². The van der Waals surface area contributed by atoms with Crippen LogP contribution in [0.3, 0.4) is 0 Å². The van der Waals surface area contributed by atoms with E-state index in [1.807, 2.05) is 53.4 Å². The summed E-state index contributed by atoms with van der Waals surface area (Å²) < 4.78 is 0. The van der Waals surface area contributed by atoms with E-state index in [1.54, 1.807) is 30.7 Å². The smallest absolute Gasteiger partial charge is 0.255 e. The van der Waals surface area contributed by atoms with E-state index in [-0.39, 0.29) is 5.91 Å². The van der Waals surface area contributed by atoms with E-state index < -0.39 is 0 Å². The van der Waals surface area contributed by atoms with E-state index in [0.29, 0.717) is 18.7 Å². The SMILES string of the molecule is O=C(c1cccnc1)N(CCc1ccccn1)Cc1ccccc1. The molecule has 0 aliphatic heterocycles. The molecule has 0 saturated heterocycles. The van der Waals surface area contributed by atoms with Gasteiger partial charge in [-0.15, -0.1) is 0 Å². The Kier molecular flexibility index (Phi) is 5.30. The molecule has 0 spiro atoms. The van der Waals surface area contributed by atoms with E-state index in [2.05, 4.69) is 9.97 Å². The molecule has 0 bridgehead atoms. The van der Waals surface area contributed by atoms with Gasteiger partial charge >= 0.3 is 0 Å². The van der Waals surface area contributed by atoms with Crippen LogP contribution in [0.15, 0.2) is 79.3 Å². The van der Waals surface area contributed by atoms with Gasteiger partial charge in [0.05, 0.1) is 5.56 Å². The molecule has 4 heteroatoms. The maximum absolute atomic E-state index is 12.8. The lowest BCUT2D eigenvalue weighted by Crippen LogP contribution is -2.32. The van der Waals surface area contributed by atoms with Gasteiger partial charge in [0.25, 0.3) is 5.91 Å². The van der Waals surface area contributed by atoms with Gasteiger partial charge in [-0.25, -0.2) is 0 Å². The quantitative estimate of drug-likeness (QED) is 0.700. The van der Waals surface area contributed by atoms with Gasteiger partial charge in [-0.1, -0.05) is 36.4 Å². The molecule has 0 aliphatic carbocycles. The van der Waals surface area contributed by atoms with Crippen molar-refractivity contribution in [3.63, 3.8) is 0 Å². The molecule has 2 heterocycles. The summed E-state index contributed by atoms with van der Waals surface area (Å²) in [4.78, 5) is 23.1. The Balaban J connectivity index is 1.76. The third kappa shape index (κ3) is 4.26. The topological polar surface area (TPSA) is 46.1 Å². The van der Waals surface area contributed by atoms with Gasteiger partial charge in [0.1, 0.15) is 0 Å². The summed E-state index contributed by atoms with van der Waals surface area (Å²) in [7, 11) is 0. The third-order valence-electron chi connectivity index (χ3n) is 3.78. The zero-order chi connectivity index (χ0) is 16.6. The first kappa shape index (κ1) is 15.9. The van der Waals surface area contributed by atoms with Gasteiger partial charge in [0.15, 0.2) is 0 Å². The van der Waals surface area contributed by atoms with Crippen molar-refractivity contribution in [2.45, 2.75) is 13.0 Å². The van der Waals surface area contributed by atoms with Crippen molar-refractivity contribution in [1.82, 2.24) is 14.9 Å². The van der Waals surface area contributed by atoms with Crippen LogP contribution in [-0.4, -0.2) is 27.3 Å². The summed E-state index contributed by atoms with van der Waals surface area (Å²) in [6.45, 7) is 1.18. The van der Waals surface area contributed by atoms with Crippen LogP contribution < -0.4 is 0 Å². The van der Waals surface area contributed by atoms with Crippen molar-refractivity contribution in [3.05, 3.63) is 96.1 Å². The molecular formula is C20H19N3O. The molecule has 0 fully saturated rings. The number of pyridine rings is 2. The normalized spacial score (nSPS) is 10.3. The third-order valence-corrected chi connectivity index (χ3v) is 3.78. The standard InChI is InChI=1S/C20H19N3O/c24-20(18-9-6-12-21-15-18)23(16-17-7-2-1-3-8-17)14-11-19-10-4-5-13-22-19/h1-10,12-13,15H,11,14,16H2. The van der Waals surface area contributed by atoms with E-state index >= 15 is 0 Å². The Labute approximate surface area is 141 Å². The zero-order valence-corrected chi connectivity index (χ0v) is 13.4. The molecule has 0 aliphatic rings. The second kappa shape index (κ2) is 8.02. The van der Waals surface area contributed by atoms with Crippen LogP contribution in [0.1, 0.15) is 21.6 Å². The van der Waals surface area contributed by atoms with Crippen molar-refractivity contribution < 1.29 is 4.79 Å². The lowest BCUT2D eigenvalue weighted by Gasteiger charge is -2.23. The summed E-state index contributed by atoms with van der Waals surface area (Å²) >= 11 is 0. The highest BCUT2D eigenvalue weighted by atomic mass is 16.2. The van der Waals surface area contributed by atoms with Crippen LogP contribution in [0.4, 0.5) is 0 Å². The van der Waals surface area contributed by atoms with Crippen LogP contribution in [0, 0.1) is 0 Å². The number of rotatable bonds is 6.